The van der Waals surface area contributed by atoms with Gasteiger partial charge in [-0.25, -0.2) is 19.4 Å². The Hall–Kier alpha value is -3.20. The molecule has 0 N–H and O–H groups in total. The quantitative estimate of drug-likeness (QED) is 0.353. The lowest BCUT2D eigenvalue weighted by Crippen LogP contribution is -2.22. The highest BCUT2D eigenvalue weighted by molar-refractivity contribution is 7.99. The Morgan fingerprint density at radius 1 is 1.04 bits per heavy atom. The lowest BCUT2D eigenvalue weighted by atomic mass is 10.2. The van der Waals surface area contributed by atoms with Gasteiger partial charge in [-0.2, -0.15) is 4.52 Å². The van der Waals surface area contributed by atoms with Crippen molar-refractivity contribution >= 4 is 34.0 Å². The minimum absolute atomic E-state index is 0.139. The third kappa shape index (κ3) is 2.67. The van der Waals surface area contributed by atoms with Crippen LogP contribution >= 0.6 is 11.8 Å². The van der Waals surface area contributed by atoms with Gasteiger partial charge in [0.1, 0.15) is 5.82 Å². The molecule has 4 aromatic heterocycles. The zero-order chi connectivity index (χ0) is 18.4. The van der Waals surface area contributed by atoms with E-state index in [1.807, 2.05) is 49.4 Å². The number of hydrogen-bond donors (Lipinski definition) is 0. The summed E-state index contributed by atoms with van der Waals surface area (Å²) in [5.41, 5.74) is 2.18. The molecule has 0 spiro atoms. The number of hydrogen-bond acceptors (Lipinski definition) is 6. The summed E-state index contributed by atoms with van der Waals surface area (Å²) in [5, 5.41) is 10.6. The second-order valence-corrected chi connectivity index (χ2v) is 7.15. The Bertz CT molecular complexity index is 1350. The zero-order valence-corrected chi connectivity index (χ0v) is 15.3. The first-order valence-electron chi connectivity index (χ1n) is 8.50. The van der Waals surface area contributed by atoms with E-state index in [-0.39, 0.29) is 5.69 Å². The molecule has 0 atom stereocenters. The van der Waals surface area contributed by atoms with Crippen molar-refractivity contribution in [2.75, 3.05) is 5.75 Å². The van der Waals surface area contributed by atoms with Gasteiger partial charge in [0.15, 0.2) is 16.5 Å². The first kappa shape index (κ1) is 16.0. The topological polar surface area (TPSA) is 82.4 Å². The van der Waals surface area contributed by atoms with Crippen molar-refractivity contribution in [3.8, 4) is 0 Å². The Kier molecular flexibility index (Phi) is 3.68. The van der Waals surface area contributed by atoms with Gasteiger partial charge in [0.2, 0.25) is 0 Å². The highest BCUT2D eigenvalue weighted by Crippen LogP contribution is 2.23. The largest absolute Gasteiger partial charge is 0.350 e. The van der Waals surface area contributed by atoms with E-state index in [1.165, 1.54) is 20.8 Å². The van der Waals surface area contributed by atoms with E-state index in [2.05, 4.69) is 15.2 Å². The summed E-state index contributed by atoms with van der Waals surface area (Å²) < 4.78 is 4.79. The van der Waals surface area contributed by atoms with E-state index < -0.39 is 0 Å². The first-order chi connectivity index (χ1) is 13.2. The van der Waals surface area contributed by atoms with Crippen LogP contribution in [-0.2, 0) is 6.54 Å². The first-order valence-corrected chi connectivity index (χ1v) is 9.48. The van der Waals surface area contributed by atoms with Gasteiger partial charge in [-0.05, 0) is 31.2 Å². The second kappa shape index (κ2) is 6.20. The maximum atomic E-state index is 12.4. The highest BCUT2D eigenvalue weighted by atomic mass is 32.2. The number of fused-ring (bicyclic) bond motifs is 4. The Balaban J connectivity index is 1.47. The summed E-state index contributed by atoms with van der Waals surface area (Å²) in [7, 11) is 0. The van der Waals surface area contributed by atoms with Crippen LogP contribution in [-0.4, -0.2) is 39.5 Å². The van der Waals surface area contributed by atoms with E-state index in [0.29, 0.717) is 23.8 Å². The highest BCUT2D eigenvalue weighted by Gasteiger charge is 2.13. The summed E-state index contributed by atoms with van der Waals surface area (Å²) in [5.74, 6) is 1.34. The number of rotatable bonds is 4. The molecule has 1 aromatic carbocycles. The standard InChI is InChI=1S/C18H15N7OS/c1-12-19-16-13-6-2-3-7-14(13)20-17(25(16)21-12)27-11-10-24-18(26)23-9-5-4-8-15(23)22-24/h2-9H,10-11H2,1H3. The fourth-order valence-electron chi connectivity index (χ4n) is 3.06. The minimum atomic E-state index is -0.139. The van der Waals surface area contributed by atoms with Gasteiger partial charge in [-0.15, -0.1) is 10.2 Å². The monoisotopic (exact) mass is 377 g/mol. The van der Waals surface area contributed by atoms with Crippen LogP contribution in [0.5, 0.6) is 0 Å². The van der Waals surface area contributed by atoms with Crippen LogP contribution in [0.15, 0.2) is 58.6 Å². The molecular formula is C18H15N7OS. The van der Waals surface area contributed by atoms with Crippen LogP contribution in [0, 0.1) is 6.92 Å². The third-order valence-electron chi connectivity index (χ3n) is 4.28. The molecule has 0 radical (unpaired) electrons. The fraction of sp³-hybridized carbons (Fsp3) is 0.167. The molecule has 0 unspecified atom stereocenters. The number of aromatic nitrogens is 7. The van der Waals surface area contributed by atoms with Crippen LogP contribution in [0.1, 0.15) is 5.82 Å². The molecule has 0 amide bonds. The number of para-hydroxylation sites is 1. The lowest BCUT2D eigenvalue weighted by Gasteiger charge is -2.06. The summed E-state index contributed by atoms with van der Waals surface area (Å²) in [6.45, 7) is 2.35. The maximum absolute atomic E-state index is 12.4. The molecule has 0 aliphatic heterocycles. The molecule has 5 rings (SSSR count). The van der Waals surface area contributed by atoms with Crippen LogP contribution < -0.4 is 5.69 Å². The summed E-state index contributed by atoms with van der Waals surface area (Å²) >= 11 is 1.53. The molecule has 27 heavy (non-hydrogen) atoms. The average molecular weight is 377 g/mol. The van der Waals surface area contributed by atoms with E-state index in [9.17, 15) is 4.79 Å². The Morgan fingerprint density at radius 3 is 2.78 bits per heavy atom. The molecule has 134 valence electrons. The molecule has 0 aliphatic rings. The number of aryl methyl sites for hydroxylation is 2. The molecule has 0 saturated carbocycles. The molecule has 4 heterocycles. The molecule has 9 heteroatoms. The molecular weight excluding hydrogens is 362 g/mol. The van der Waals surface area contributed by atoms with Crippen LogP contribution in [0.2, 0.25) is 0 Å². The van der Waals surface area contributed by atoms with Crippen molar-refractivity contribution in [1.29, 1.82) is 0 Å². The van der Waals surface area contributed by atoms with Gasteiger partial charge in [-0.3, -0.25) is 4.40 Å². The van der Waals surface area contributed by atoms with Crippen LogP contribution in [0.4, 0.5) is 0 Å². The maximum Gasteiger partial charge on any atom is 0.350 e. The van der Waals surface area contributed by atoms with Gasteiger partial charge in [0.05, 0.1) is 12.1 Å². The number of pyridine rings is 1. The van der Waals surface area contributed by atoms with Gasteiger partial charge in [0.25, 0.3) is 0 Å². The van der Waals surface area contributed by atoms with Crippen molar-refractivity contribution in [3.63, 3.8) is 0 Å². The van der Waals surface area contributed by atoms with Crippen molar-refractivity contribution in [3.05, 3.63) is 65.0 Å². The molecule has 5 aromatic rings. The van der Waals surface area contributed by atoms with E-state index >= 15 is 0 Å². The summed E-state index contributed by atoms with van der Waals surface area (Å²) in [6.07, 6.45) is 1.72. The number of nitrogens with zero attached hydrogens (tertiary/aromatic N) is 7. The lowest BCUT2D eigenvalue weighted by molar-refractivity contribution is 0.638. The Morgan fingerprint density at radius 2 is 1.89 bits per heavy atom. The Labute approximate surface area is 157 Å². The smallest absolute Gasteiger partial charge is 0.250 e. The van der Waals surface area contributed by atoms with Crippen molar-refractivity contribution in [2.24, 2.45) is 0 Å². The number of benzene rings is 1. The normalized spacial score (nSPS) is 11.7. The van der Waals surface area contributed by atoms with E-state index in [1.54, 1.807) is 10.7 Å². The summed E-state index contributed by atoms with van der Waals surface area (Å²) in [6, 6.07) is 13.4. The molecule has 0 bridgehead atoms. The molecule has 0 fully saturated rings. The predicted octanol–water partition coefficient (Wildman–Crippen LogP) is 2.19. The minimum Gasteiger partial charge on any atom is -0.250 e. The van der Waals surface area contributed by atoms with Crippen LogP contribution in [0.25, 0.3) is 22.2 Å². The van der Waals surface area contributed by atoms with Gasteiger partial charge < -0.3 is 0 Å². The van der Waals surface area contributed by atoms with Crippen molar-refractivity contribution in [1.82, 2.24) is 33.8 Å². The third-order valence-corrected chi connectivity index (χ3v) is 5.19. The number of thioether (sulfide) groups is 1. The average Bonchev–Trinajstić information content (AvgIpc) is 3.23. The van der Waals surface area contributed by atoms with Gasteiger partial charge in [-0.1, -0.05) is 30.0 Å². The SMILES string of the molecule is Cc1nc2c3ccccc3nc(SCCn3nc4ccccn4c3=O)n2n1. The predicted molar refractivity (Wildman–Crippen MR) is 103 cm³/mol. The van der Waals surface area contributed by atoms with Gasteiger partial charge >= 0.3 is 5.69 Å². The molecule has 8 nitrogen and oxygen atoms in total. The second-order valence-electron chi connectivity index (χ2n) is 6.09. The fourth-order valence-corrected chi connectivity index (χ4v) is 3.92. The van der Waals surface area contributed by atoms with E-state index in [0.717, 1.165) is 21.7 Å². The van der Waals surface area contributed by atoms with Gasteiger partial charge in [0, 0.05) is 17.3 Å². The zero-order valence-electron chi connectivity index (χ0n) is 14.5. The van der Waals surface area contributed by atoms with E-state index in [4.69, 9.17) is 4.98 Å². The van der Waals surface area contributed by atoms with Crippen LogP contribution in [0.3, 0.4) is 0 Å². The molecule has 0 saturated heterocycles. The van der Waals surface area contributed by atoms with Crippen molar-refractivity contribution in [2.45, 2.75) is 18.6 Å². The van der Waals surface area contributed by atoms with Crippen molar-refractivity contribution < 1.29 is 0 Å². The summed E-state index contributed by atoms with van der Waals surface area (Å²) in [4.78, 5) is 21.6. The molecule has 0 aliphatic carbocycles.